The van der Waals surface area contributed by atoms with E-state index < -0.39 is 71.5 Å². The van der Waals surface area contributed by atoms with E-state index in [1.165, 1.54) is 11.8 Å². The van der Waals surface area contributed by atoms with Crippen molar-refractivity contribution in [2.45, 2.75) is 36.5 Å². The Morgan fingerprint density at radius 3 is 2.03 bits per heavy atom. The van der Waals surface area contributed by atoms with E-state index in [1.54, 1.807) is 0 Å². The Balaban J connectivity index is 1.76. The molecule has 3 rings (SSSR count). The first kappa shape index (κ1) is 24.6. The lowest BCUT2D eigenvalue weighted by Crippen LogP contribution is -2.54. The lowest BCUT2D eigenvalue weighted by Gasteiger charge is -2.38. The molecular formula is C18H17F9N2O2S. The maximum atomic E-state index is 14.4. The SMILES string of the molecule is Cc1cc(F)c(N2CCN(C(=O)C3(C(F)(F)F)CC3(F)F)CC2)cc1S(=O)CC(F)(F)F. The molecule has 0 N–H and O–H groups in total. The first-order valence-electron chi connectivity index (χ1n) is 9.24. The third-order valence-corrected chi connectivity index (χ3v) is 7.05. The molecule has 1 saturated carbocycles. The van der Waals surface area contributed by atoms with Gasteiger partial charge < -0.3 is 9.80 Å². The van der Waals surface area contributed by atoms with Crippen LogP contribution in [0.4, 0.5) is 45.2 Å². The molecule has 1 aliphatic heterocycles. The number of piperazine rings is 1. The Morgan fingerprint density at radius 1 is 1.06 bits per heavy atom. The number of halogens is 9. The Bertz CT molecular complexity index is 940. The van der Waals surface area contributed by atoms with E-state index in [0.29, 0.717) is 4.90 Å². The minimum atomic E-state index is -5.44. The quantitative estimate of drug-likeness (QED) is 0.591. The minimum Gasteiger partial charge on any atom is -0.366 e. The summed E-state index contributed by atoms with van der Waals surface area (Å²) in [6.07, 6.45) is -11.8. The fraction of sp³-hybridized carbons (Fsp3) is 0.611. The van der Waals surface area contributed by atoms with Gasteiger partial charge in [0.1, 0.15) is 11.6 Å². The van der Waals surface area contributed by atoms with Gasteiger partial charge >= 0.3 is 12.4 Å². The molecule has 1 aromatic rings. The van der Waals surface area contributed by atoms with Crippen LogP contribution < -0.4 is 4.90 Å². The summed E-state index contributed by atoms with van der Waals surface area (Å²) >= 11 is 0. The number of hydrogen-bond acceptors (Lipinski definition) is 3. The van der Waals surface area contributed by atoms with Crippen LogP contribution in [-0.4, -0.2) is 65.2 Å². The van der Waals surface area contributed by atoms with Crippen LogP contribution in [0, 0.1) is 18.2 Å². The van der Waals surface area contributed by atoms with Crippen molar-refractivity contribution in [1.29, 1.82) is 0 Å². The van der Waals surface area contributed by atoms with Crippen LogP contribution in [0.15, 0.2) is 17.0 Å². The average Bonchev–Trinajstić information content (AvgIpc) is 3.24. The summed E-state index contributed by atoms with van der Waals surface area (Å²) < 4.78 is 131. The second-order valence-electron chi connectivity index (χ2n) is 7.74. The van der Waals surface area contributed by atoms with Crippen LogP contribution >= 0.6 is 0 Å². The van der Waals surface area contributed by atoms with Crippen LogP contribution in [0.5, 0.6) is 0 Å². The van der Waals surface area contributed by atoms with E-state index in [2.05, 4.69) is 0 Å². The highest BCUT2D eigenvalue weighted by Gasteiger charge is 2.88. The lowest BCUT2D eigenvalue weighted by atomic mass is 10.0. The summed E-state index contributed by atoms with van der Waals surface area (Å²) in [6, 6.07) is 1.86. The number of benzene rings is 1. The van der Waals surface area contributed by atoms with Crippen LogP contribution in [0.3, 0.4) is 0 Å². The van der Waals surface area contributed by atoms with Gasteiger partial charge in [0.2, 0.25) is 11.3 Å². The van der Waals surface area contributed by atoms with Crippen molar-refractivity contribution < 1.29 is 48.5 Å². The number of alkyl halides is 8. The molecule has 1 saturated heterocycles. The number of hydrogen-bond donors (Lipinski definition) is 0. The van der Waals surface area contributed by atoms with Crippen molar-refractivity contribution in [3.63, 3.8) is 0 Å². The van der Waals surface area contributed by atoms with Crippen LogP contribution in [0.25, 0.3) is 0 Å². The van der Waals surface area contributed by atoms with E-state index >= 15 is 0 Å². The molecule has 2 atom stereocenters. The van der Waals surface area contributed by atoms with Crippen molar-refractivity contribution in [1.82, 2.24) is 4.90 Å². The normalized spacial score (nSPS) is 24.4. The Kier molecular flexibility index (Phi) is 6.01. The van der Waals surface area contributed by atoms with Gasteiger partial charge in [-0.05, 0) is 24.6 Å². The maximum Gasteiger partial charge on any atom is 0.409 e. The third-order valence-electron chi connectivity index (χ3n) is 5.53. The largest absolute Gasteiger partial charge is 0.409 e. The fourth-order valence-corrected chi connectivity index (χ4v) is 4.84. The number of anilines is 1. The second kappa shape index (κ2) is 7.80. The predicted molar refractivity (Wildman–Crippen MR) is 95.3 cm³/mol. The third kappa shape index (κ3) is 4.29. The summed E-state index contributed by atoms with van der Waals surface area (Å²) in [7, 11) is -2.52. The van der Waals surface area contributed by atoms with Crippen molar-refractivity contribution in [3.8, 4) is 0 Å². The lowest BCUT2D eigenvalue weighted by molar-refractivity contribution is -0.217. The summed E-state index contributed by atoms with van der Waals surface area (Å²) in [4.78, 5) is 13.9. The van der Waals surface area contributed by atoms with Gasteiger partial charge in [0, 0.05) is 37.5 Å². The van der Waals surface area contributed by atoms with E-state index in [1.807, 2.05) is 0 Å². The van der Waals surface area contributed by atoms with Gasteiger partial charge in [-0.3, -0.25) is 9.00 Å². The molecule has 0 spiro atoms. The standard InChI is InChI=1S/C18H17F9N2O2S/c1-10-6-11(19)12(7-13(10)32(31)9-17(22,23)24)28-2-4-29(5-3-28)14(30)15(18(25,26)27)8-16(15,20)21/h6-7H,2-5,8-9H2,1H3. The summed E-state index contributed by atoms with van der Waals surface area (Å²) in [5.74, 6) is -8.48. The molecule has 0 radical (unpaired) electrons. The average molecular weight is 496 g/mol. The van der Waals surface area contributed by atoms with Crippen LogP contribution in [0.1, 0.15) is 12.0 Å². The zero-order chi connectivity index (χ0) is 24.3. The monoisotopic (exact) mass is 496 g/mol. The number of rotatable bonds is 4. The Morgan fingerprint density at radius 2 is 1.59 bits per heavy atom. The number of aryl methyl sites for hydroxylation is 1. The molecule has 0 bridgehead atoms. The first-order chi connectivity index (χ1) is 14.5. The molecule has 1 aliphatic carbocycles. The van der Waals surface area contributed by atoms with Gasteiger partial charge in [-0.15, -0.1) is 0 Å². The van der Waals surface area contributed by atoms with Crippen molar-refractivity contribution >= 4 is 22.4 Å². The summed E-state index contributed by atoms with van der Waals surface area (Å²) in [5, 5.41) is 0. The molecule has 2 fully saturated rings. The molecule has 180 valence electrons. The first-order valence-corrected chi connectivity index (χ1v) is 10.6. The van der Waals surface area contributed by atoms with Crippen LogP contribution in [0.2, 0.25) is 0 Å². The zero-order valence-corrected chi connectivity index (χ0v) is 17.2. The molecule has 2 aliphatic rings. The van der Waals surface area contributed by atoms with Gasteiger partial charge in [0.05, 0.1) is 16.5 Å². The second-order valence-corrected chi connectivity index (χ2v) is 9.16. The predicted octanol–water partition coefficient (Wildman–Crippen LogP) is 4.04. The number of carbonyl (C=O) groups is 1. The molecule has 14 heteroatoms. The Hall–Kier alpha value is -1.99. The highest BCUT2D eigenvalue weighted by molar-refractivity contribution is 7.85. The topological polar surface area (TPSA) is 40.6 Å². The minimum absolute atomic E-state index is 0.0192. The van der Waals surface area contributed by atoms with Gasteiger partial charge in [-0.1, -0.05) is 0 Å². The molecule has 1 heterocycles. The maximum absolute atomic E-state index is 14.4. The van der Waals surface area contributed by atoms with Gasteiger partial charge in [-0.2, -0.15) is 26.3 Å². The van der Waals surface area contributed by atoms with Crippen molar-refractivity contribution in [3.05, 3.63) is 23.5 Å². The molecule has 1 amide bonds. The van der Waals surface area contributed by atoms with E-state index in [0.717, 1.165) is 12.1 Å². The molecular weight excluding hydrogens is 479 g/mol. The molecule has 0 aromatic heterocycles. The van der Waals surface area contributed by atoms with Crippen molar-refractivity contribution in [2.75, 3.05) is 36.8 Å². The molecule has 2 unspecified atom stereocenters. The number of amides is 1. The van der Waals surface area contributed by atoms with Gasteiger partial charge in [0.25, 0.3) is 5.92 Å². The number of nitrogens with zero attached hydrogens (tertiary/aromatic N) is 2. The highest BCUT2D eigenvalue weighted by atomic mass is 32.2. The highest BCUT2D eigenvalue weighted by Crippen LogP contribution is 2.69. The van der Waals surface area contributed by atoms with Gasteiger partial charge in [0.15, 0.2) is 0 Å². The Labute approximate surface area is 178 Å². The van der Waals surface area contributed by atoms with Crippen LogP contribution in [-0.2, 0) is 15.6 Å². The smallest absolute Gasteiger partial charge is 0.366 e. The number of carbonyl (C=O) groups excluding carboxylic acids is 1. The molecule has 4 nitrogen and oxygen atoms in total. The van der Waals surface area contributed by atoms with Crippen molar-refractivity contribution in [2.24, 2.45) is 5.41 Å². The summed E-state index contributed by atoms with van der Waals surface area (Å²) in [5.41, 5.74) is -3.99. The fourth-order valence-electron chi connectivity index (χ4n) is 3.73. The molecule has 32 heavy (non-hydrogen) atoms. The van der Waals surface area contributed by atoms with E-state index in [4.69, 9.17) is 0 Å². The summed E-state index contributed by atoms with van der Waals surface area (Å²) in [6.45, 7) is -0.0886. The van der Waals surface area contributed by atoms with Gasteiger partial charge in [-0.25, -0.2) is 13.2 Å². The van der Waals surface area contributed by atoms with E-state index in [-0.39, 0.29) is 29.2 Å². The zero-order valence-electron chi connectivity index (χ0n) is 16.4. The van der Waals surface area contributed by atoms with E-state index in [9.17, 15) is 48.5 Å². The molecule has 1 aromatic carbocycles.